The molecule has 0 heterocycles. The molecule has 0 radical (unpaired) electrons. The van der Waals surface area contributed by atoms with E-state index in [4.69, 9.17) is 11.6 Å². The van der Waals surface area contributed by atoms with E-state index in [2.05, 4.69) is 107 Å². The number of benzene rings is 4. The predicted octanol–water partition coefficient (Wildman–Crippen LogP) is 10.1. The van der Waals surface area contributed by atoms with Crippen molar-refractivity contribution < 1.29 is 4.48 Å². The zero-order valence-electron chi connectivity index (χ0n) is 25.3. The minimum Gasteiger partial charge on any atom is -0.320 e. The third kappa shape index (κ3) is 8.36. The second-order valence-electron chi connectivity index (χ2n) is 11.6. The minimum absolute atomic E-state index is 0.815. The number of hydrogen-bond donors (Lipinski definition) is 0. The highest BCUT2D eigenvalue weighted by molar-refractivity contribution is 7.97. The van der Waals surface area contributed by atoms with Gasteiger partial charge in [0, 0.05) is 34.0 Å². The number of halogens is 1. The zero-order chi connectivity index (χ0) is 28.7. The number of quaternary nitrogens is 1. The summed E-state index contributed by atoms with van der Waals surface area (Å²) in [6.07, 6.45) is 2.41. The summed E-state index contributed by atoms with van der Waals surface area (Å²) in [6.45, 7) is 20.2. The van der Waals surface area contributed by atoms with Gasteiger partial charge in [-0.3, -0.25) is 0 Å². The summed E-state index contributed by atoms with van der Waals surface area (Å²) in [5, 5.41) is 3.13. The van der Waals surface area contributed by atoms with E-state index in [0.717, 1.165) is 34.5 Å². The van der Waals surface area contributed by atoms with Gasteiger partial charge in [-0.2, -0.15) is 0 Å². The van der Waals surface area contributed by atoms with E-state index in [9.17, 15) is 0 Å². The molecule has 0 aromatic heterocycles. The molecule has 4 heteroatoms. The molecule has 0 unspecified atom stereocenters. The fourth-order valence-corrected chi connectivity index (χ4v) is 7.36. The maximum absolute atomic E-state index is 6.44. The second kappa shape index (κ2) is 14.0. The Morgan fingerprint density at radius 3 is 1.98 bits per heavy atom. The molecule has 0 bridgehead atoms. The van der Waals surface area contributed by atoms with Crippen LogP contribution in [0.15, 0.2) is 77.7 Å². The van der Waals surface area contributed by atoms with Gasteiger partial charge in [0.25, 0.3) is 0 Å². The van der Waals surface area contributed by atoms with Gasteiger partial charge in [-0.05, 0) is 95.5 Å². The Bertz CT molecular complexity index is 1390. The molecule has 40 heavy (non-hydrogen) atoms. The monoisotopic (exact) mass is 573 g/mol. The highest BCUT2D eigenvalue weighted by atomic mass is 35.5. The van der Waals surface area contributed by atoms with Gasteiger partial charge >= 0.3 is 0 Å². The van der Waals surface area contributed by atoms with Gasteiger partial charge in [0.05, 0.1) is 19.6 Å². The first-order valence-electron chi connectivity index (χ1n) is 14.8. The van der Waals surface area contributed by atoms with Gasteiger partial charge in [-0.25, -0.2) is 4.31 Å². The molecule has 4 rings (SSSR count). The summed E-state index contributed by atoms with van der Waals surface area (Å²) in [5.74, 6) is 0. The molecule has 0 atom stereocenters. The van der Waals surface area contributed by atoms with Crippen molar-refractivity contribution in [2.75, 3.05) is 26.2 Å². The van der Waals surface area contributed by atoms with Crippen molar-refractivity contribution in [3.05, 3.63) is 111 Å². The number of nitrogens with zero attached hydrogens (tertiary/aromatic N) is 2. The highest BCUT2D eigenvalue weighted by Crippen LogP contribution is 2.31. The van der Waals surface area contributed by atoms with E-state index in [1.807, 2.05) is 24.1 Å². The van der Waals surface area contributed by atoms with Crippen LogP contribution in [0.3, 0.4) is 0 Å². The third-order valence-corrected chi connectivity index (χ3v) is 9.47. The first-order chi connectivity index (χ1) is 19.2. The number of unbranched alkanes of at least 4 members (excludes halogenated alkanes) is 1. The molecule has 0 amide bonds. The van der Waals surface area contributed by atoms with Crippen LogP contribution in [-0.4, -0.2) is 35.0 Å². The van der Waals surface area contributed by atoms with E-state index in [1.54, 1.807) is 0 Å². The molecule has 2 nitrogen and oxygen atoms in total. The Hall–Kier alpha value is -2.30. The van der Waals surface area contributed by atoms with E-state index in [1.165, 1.54) is 76.1 Å². The van der Waals surface area contributed by atoms with Gasteiger partial charge < -0.3 is 4.48 Å². The van der Waals surface area contributed by atoms with Crippen molar-refractivity contribution in [2.24, 2.45) is 0 Å². The molecule has 0 aliphatic carbocycles. The van der Waals surface area contributed by atoms with E-state index in [0.29, 0.717) is 0 Å². The fraction of sp³-hybridized carbons (Fsp3) is 0.389. The van der Waals surface area contributed by atoms with Gasteiger partial charge in [0.1, 0.15) is 6.54 Å². The lowest BCUT2D eigenvalue weighted by Gasteiger charge is -2.37. The minimum atomic E-state index is 0.815. The summed E-state index contributed by atoms with van der Waals surface area (Å²) >= 11 is 8.32. The van der Waals surface area contributed by atoms with Crippen molar-refractivity contribution in [1.29, 1.82) is 0 Å². The van der Waals surface area contributed by atoms with E-state index in [-0.39, 0.29) is 0 Å². The standard InChI is InChI=1S/C36H46ClN2S/c1-7-39(8-2,26-32-22-29(5)19-30(6)23-32)17-10-9-16-38(25-31-20-27(3)18-28(4)21-31)40-34-14-15-35-33(24-34)12-11-13-36(35)37/h11-15,18-24H,7-10,16-17,25-26H2,1-6H3/q+1. The Morgan fingerprint density at radius 2 is 1.35 bits per heavy atom. The predicted molar refractivity (Wildman–Crippen MR) is 176 cm³/mol. The molecule has 212 valence electrons. The second-order valence-corrected chi connectivity index (χ2v) is 13.2. The number of fused-ring (bicyclic) bond motifs is 1. The largest absolute Gasteiger partial charge is 0.320 e. The van der Waals surface area contributed by atoms with E-state index >= 15 is 0 Å². The summed E-state index contributed by atoms with van der Waals surface area (Å²) < 4.78 is 3.70. The molecule has 0 saturated heterocycles. The van der Waals surface area contributed by atoms with Crippen LogP contribution in [0.25, 0.3) is 10.8 Å². The summed E-state index contributed by atoms with van der Waals surface area (Å²) in [4.78, 5) is 1.27. The molecule has 0 fully saturated rings. The zero-order valence-corrected chi connectivity index (χ0v) is 26.8. The first-order valence-corrected chi connectivity index (χ1v) is 15.9. The van der Waals surface area contributed by atoms with Crippen LogP contribution >= 0.6 is 23.5 Å². The van der Waals surface area contributed by atoms with Crippen molar-refractivity contribution >= 4 is 34.3 Å². The molecule has 0 saturated carbocycles. The van der Waals surface area contributed by atoms with Crippen LogP contribution in [0.1, 0.15) is 60.1 Å². The fourth-order valence-electron chi connectivity index (χ4n) is 6.07. The first kappa shape index (κ1) is 30.7. The lowest BCUT2D eigenvalue weighted by atomic mass is 10.1. The van der Waals surface area contributed by atoms with Gasteiger partial charge in [0.2, 0.25) is 0 Å². The quantitative estimate of drug-likeness (QED) is 0.0889. The molecular weight excluding hydrogens is 528 g/mol. The van der Waals surface area contributed by atoms with Gasteiger partial charge in [-0.1, -0.05) is 88.5 Å². The third-order valence-electron chi connectivity index (χ3n) is 8.10. The van der Waals surface area contributed by atoms with E-state index < -0.39 is 0 Å². The Balaban J connectivity index is 1.46. The molecule has 0 spiro atoms. The lowest BCUT2D eigenvalue weighted by molar-refractivity contribution is -0.938. The molecular formula is C36H46ClN2S+. The number of aryl methyl sites for hydroxylation is 4. The SMILES string of the molecule is CC[N+](CC)(CCCCN(Cc1cc(C)cc(C)c1)Sc1ccc2c(Cl)cccc2c1)Cc1cc(C)cc(C)c1. The van der Waals surface area contributed by atoms with Crippen LogP contribution in [0, 0.1) is 27.7 Å². The number of hydrogen-bond acceptors (Lipinski definition) is 2. The maximum atomic E-state index is 6.44. The summed E-state index contributed by atoms with van der Waals surface area (Å²) in [7, 11) is 0. The Labute approximate surface area is 252 Å². The average Bonchev–Trinajstić information content (AvgIpc) is 2.89. The van der Waals surface area contributed by atoms with Crippen molar-refractivity contribution in [2.45, 2.75) is 72.4 Å². The van der Waals surface area contributed by atoms with Crippen LogP contribution in [0.2, 0.25) is 5.02 Å². The summed E-state index contributed by atoms with van der Waals surface area (Å²) in [6, 6.07) is 26.8. The maximum Gasteiger partial charge on any atom is 0.104 e. The van der Waals surface area contributed by atoms with Crippen LogP contribution < -0.4 is 0 Å². The van der Waals surface area contributed by atoms with Crippen LogP contribution in [0.5, 0.6) is 0 Å². The van der Waals surface area contributed by atoms with Gasteiger partial charge in [-0.15, -0.1) is 0 Å². The lowest BCUT2D eigenvalue weighted by Crippen LogP contribution is -2.47. The van der Waals surface area contributed by atoms with Crippen LogP contribution in [-0.2, 0) is 13.1 Å². The molecule has 0 aliphatic heterocycles. The smallest absolute Gasteiger partial charge is 0.104 e. The molecule has 0 N–H and O–H groups in total. The molecule has 0 aliphatic rings. The molecule has 4 aromatic rings. The van der Waals surface area contributed by atoms with Crippen LogP contribution in [0.4, 0.5) is 0 Å². The highest BCUT2D eigenvalue weighted by Gasteiger charge is 2.24. The average molecular weight is 574 g/mol. The topological polar surface area (TPSA) is 3.24 Å². The normalized spacial score (nSPS) is 12.0. The summed E-state index contributed by atoms with van der Waals surface area (Å²) in [5.41, 5.74) is 8.27. The van der Waals surface area contributed by atoms with Gasteiger partial charge in [0.15, 0.2) is 0 Å². The molecule has 4 aromatic carbocycles. The van der Waals surface area contributed by atoms with Crippen molar-refractivity contribution in [3.8, 4) is 0 Å². The Morgan fingerprint density at radius 1 is 0.725 bits per heavy atom. The number of rotatable bonds is 13. The van der Waals surface area contributed by atoms with Crippen molar-refractivity contribution in [3.63, 3.8) is 0 Å². The Kier molecular flexibility index (Phi) is 10.8. The van der Waals surface area contributed by atoms with Crippen molar-refractivity contribution in [1.82, 2.24) is 4.31 Å².